The van der Waals surface area contributed by atoms with Crippen molar-refractivity contribution >= 4 is 45.3 Å². The molecule has 0 atom stereocenters. The number of carbonyl (C=O) groups excluding carboxylic acids is 1. The van der Waals surface area contributed by atoms with Crippen LogP contribution in [0, 0.1) is 0 Å². The standard InChI is InChI=1S/C18H14ClN3O3/c1-3-25-18(24)14-15(23)13-10(19)8-9-20-16(13)22-12-7-5-4-6-11(12)21(2)17(14)22/h4-9H,3H2,1-2H3. The van der Waals surface area contributed by atoms with E-state index in [0.29, 0.717) is 11.3 Å². The van der Waals surface area contributed by atoms with Crippen molar-refractivity contribution < 1.29 is 9.53 Å². The lowest BCUT2D eigenvalue weighted by molar-refractivity contribution is 0.0526. The van der Waals surface area contributed by atoms with E-state index in [1.54, 1.807) is 29.1 Å². The summed E-state index contributed by atoms with van der Waals surface area (Å²) in [5.41, 5.74) is 2.02. The van der Waals surface area contributed by atoms with Crippen LogP contribution in [0.4, 0.5) is 0 Å². The first-order valence-electron chi connectivity index (χ1n) is 7.79. The summed E-state index contributed by atoms with van der Waals surface area (Å²) in [6.45, 7) is 1.87. The lowest BCUT2D eigenvalue weighted by Gasteiger charge is -2.09. The molecule has 0 fully saturated rings. The Labute approximate surface area is 147 Å². The second-order valence-corrected chi connectivity index (χ2v) is 6.03. The Balaban J connectivity index is 2.38. The zero-order valence-corrected chi connectivity index (χ0v) is 14.4. The molecule has 25 heavy (non-hydrogen) atoms. The van der Waals surface area contributed by atoms with Gasteiger partial charge in [0.1, 0.15) is 11.2 Å². The second kappa shape index (κ2) is 5.60. The van der Waals surface area contributed by atoms with Gasteiger partial charge in [0.2, 0.25) is 5.43 Å². The third-order valence-corrected chi connectivity index (χ3v) is 4.58. The molecule has 0 aliphatic heterocycles. The van der Waals surface area contributed by atoms with Gasteiger partial charge >= 0.3 is 5.97 Å². The molecule has 4 rings (SSSR count). The molecule has 0 saturated carbocycles. The minimum atomic E-state index is -0.669. The normalized spacial score (nSPS) is 11.5. The molecular weight excluding hydrogens is 342 g/mol. The van der Waals surface area contributed by atoms with Gasteiger partial charge in [-0.15, -0.1) is 0 Å². The highest BCUT2D eigenvalue weighted by Crippen LogP contribution is 2.27. The molecule has 3 heterocycles. The predicted octanol–water partition coefficient (Wildman–Crippen LogP) is 3.17. The van der Waals surface area contributed by atoms with E-state index >= 15 is 0 Å². The number of aryl methyl sites for hydroxylation is 1. The molecule has 1 aromatic carbocycles. The van der Waals surface area contributed by atoms with Crippen molar-refractivity contribution in [1.82, 2.24) is 14.0 Å². The van der Waals surface area contributed by atoms with E-state index in [1.165, 1.54) is 6.07 Å². The molecule has 0 spiro atoms. The van der Waals surface area contributed by atoms with Crippen molar-refractivity contribution in [2.45, 2.75) is 6.92 Å². The molecule has 0 N–H and O–H groups in total. The minimum Gasteiger partial charge on any atom is -0.462 e. The predicted molar refractivity (Wildman–Crippen MR) is 96.4 cm³/mol. The Bertz CT molecular complexity index is 1220. The number of hydrogen-bond acceptors (Lipinski definition) is 4. The summed E-state index contributed by atoms with van der Waals surface area (Å²) in [4.78, 5) is 30.0. The summed E-state index contributed by atoms with van der Waals surface area (Å²) in [5, 5.41) is 0.462. The third-order valence-electron chi connectivity index (χ3n) is 4.26. The highest BCUT2D eigenvalue weighted by Gasteiger charge is 2.25. The Morgan fingerprint density at radius 1 is 1.24 bits per heavy atom. The minimum absolute atomic E-state index is 0.0389. The summed E-state index contributed by atoms with van der Waals surface area (Å²) < 4.78 is 8.71. The van der Waals surface area contributed by atoms with E-state index in [9.17, 15) is 9.59 Å². The third kappa shape index (κ3) is 2.07. The highest BCUT2D eigenvalue weighted by molar-refractivity contribution is 6.35. The molecular formula is C18H14ClN3O3. The number of esters is 1. The van der Waals surface area contributed by atoms with Crippen LogP contribution in [-0.2, 0) is 11.8 Å². The Hall–Kier alpha value is -2.86. The van der Waals surface area contributed by atoms with Crippen LogP contribution in [0.15, 0.2) is 41.3 Å². The van der Waals surface area contributed by atoms with Crippen LogP contribution in [0.25, 0.3) is 27.7 Å². The zero-order chi connectivity index (χ0) is 17.7. The monoisotopic (exact) mass is 355 g/mol. The summed E-state index contributed by atoms with van der Waals surface area (Å²) in [5.74, 6) is -0.669. The van der Waals surface area contributed by atoms with Gasteiger partial charge < -0.3 is 9.30 Å². The van der Waals surface area contributed by atoms with Gasteiger partial charge in [0.25, 0.3) is 0 Å². The first-order chi connectivity index (χ1) is 12.1. The number of aromatic nitrogens is 3. The first-order valence-corrected chi connectivity index (χ1v) is 8.17. The van der Waals surface area contributed by atoms with Crippen molar-refractivity contribution in [3.8, 4) is 0 Å². The van der Waals surface area contributed by atoms with Crippen LogP contribution in [0.1, 0.15) is 17.3 Å². The number of benzene rings is 1. The average molecular weight is 356 g/mol. The van der Waals surface area contributed by atoms with Crippen molar-refractivity contribution in [2.75, 3.05) is 6.61 Å². The van der Waals surface area contributed by atoms with Gasteiger partial charge in [0, 0.05) is 13.2 Å². The number of fused-ring (bicyclic) bond motifs is 5. The fourth-order valence-corrected chi connectivity index (χ4v) is 3.46. The summed E-state index contributed by atoms with van der Waals surface area (Å²) >= 11 is 6.26. The molecule has 0 bridgehead atoms. The number of nitrogens with zero attached hydrogens (tertiary/aromatic N) is 3. The largest absolute Gasteiger partial charge is 0.462 e. The number of pyridine rings is 2. The number of para-hydroxylation sites is 2. The van der Waals surface area contributed by atoms with Crippen LogP contribution in [0.5, 0.6) is 0 Å². The highest BCUT2D eigenvalue weighted by atomic mass is 35.5. The molecule has 126 valence electrons. The summed E-state index contributed by atoms with van der Waals surface area (Å²) in [6.07, 6.45) is 1.54. The van der Waals surface area contributed by atoms with Gasteiger partial charge in [-0.3, -0.25) is 9.20 Å². The van der Waals surface area contributed by atoms with E-state index in [2.05, 4.69) is 4.98 Å². The Morgan fingerprint density at radius 2 is 1.96 bits per heavy atom. The molecule has 0 unspecified atom stereocenters. The van der Waals surface area contributed by atoms with Gasteiger partial charge in [0.05, 0.1) is 28.0 Å². The van der Waals surface area contributed by atoms with Gasteiger partial charge in [-0.25, -0.2) is 9.78 Å². The molecule has 3 aromatic heterocycles. The smallest absolute Gasteiger partial charge is 0.345 e. The van der Waals surface area contributed by atoms with Crippen LogP contribution in [0.2, 0.25) is 5.02 Å². The van der Waals surface area contributed by atoms with Crippen LogP contribution in [-0.4, -0.2) is 26.5 Å². The van der Waals surface area contributed by atoms with Crippen molar-refractivity contribution in [1.29, 1.82) is 0 Å². The molecule has 0 amide bonds. The fourth-order valence-electron chi connectivity index (χ4n) is 3.23. The van der Waals surface area contributed by atoms with E-state index in [-0.39, 0.29) is 22.6 Å². The molecule has 0 aliphatic rings. The second-order valence-electron chi connectivity index (χ2n) is 5.62. The number of carbonyl (C=O) groups is 1. The summed E-state index contributed by atoms with van der Waals surface area (Å²) in [7, 11) is 1.80. The van der Waals surface area contributed by atoms with Crippen LogP contribution < -0.4 is 5.43 Å². The lowest BCUT2D eigenvalue weighted by Crippen LogP contribution is -2.22. The molecule has 4 aromatic rings. The quantitative estimate of drug-likeness (QED) is 0.518. The average Bonchev–Trinajstić information content (AvgIpc) is 2.89. The molecule has 0 radical (unpaired) electrons. The maximum absolute atomic E-state index is 13.1. The zero-order valence-electron chi connectivity index (χ0n) is 13.6. The number of imidazole rings is 1. The van der Waals surface area contributed by atoms with Crippen LogP contribution >= 0.6 is 11.6 Å². The fraction of sp³-hybridized carbons (Fsp3) is 0.167. The number of halogens is 1. The van der Waals surface area contributed by atoms with E-state index in [4.69, 9.17) is 16.3 Å². The maximum atomic E-state index is 13.1. The van der Waals surface area contributed by atoms with Gasteiger partial charge in [0.15, 0.2) is 5.65 Å². The van der Waals surface area contributed by atoms with Gasteiger partial charge in [-0.2, -0.15) is 0 Å². The number of hydrogen-bond donors (Lipinski definition) is 0. The SMILES string of the molecule is CCOC(=O)c1c(=O)c2c(Cl)ccnc2n2c3ccccc3n(C)c12. The van der Waals surface area contributed by atoms with E-state index in [1.807, 2.05) is 24.3 Å². The number of ether oxygens (including phenoxy) is 1. The molecule has 6 nitrogen and oxygen atoms in total. The van der Waals surface area contributed by atoms with Crippen molar-refractivity contribution in [3.05, 3.63) is 57.3 Å². The van der Waals surface area contributed by atoms with E-state index in [0.717, 1.165) is 11.0 Å². The maximum Gasteiger partial charge on any atom is 0.345 e. The first kappa shape index (κ1) is 15.7. The van der Waals surface area contributed by atoms with E-state index < -0.39 is 11.4 Å². The topological polar surface area (TPSA) is 65.6 Å². The lowest BCUT2D eigenvalue weighted by atomic mass is 10.2. The molecule has 0 saturated heterocycles. The number of rotatable bonds is 2. The molecule has 7 heteroatoms. The van der Waals surface area contributed by atoms with Crippen molar-refractivity contribution in [2.24, 2.45) is 7.05 Å². The Morgan fingerprint density at radius 3 is 2.68 bits per heavy atom. The summed E-state index contributed by atoms with van der Waals surface area (Å²) in [6, 6.07) is 9.15. The Kier molecular flexibility index (Phi) is 3.51. The van der Waals surface area contributed by atoms with Gasteiger partial charge in [-0.05, 0) is 25.1 Å². The molecule has 0 aliphatic carbocycles. The van der Waals surface area contributed by atoms with Crippen molar-refractivity contribution in [3.63, 3.8) is 0 Å². The van der Waals surface area contributed by atoms with Crippen LogP contribution in [0.3, 0.4) is 0 Å². The van der Waals surface area contributed by atoms with Gasteiger partial charge in [-0.1, -0.05) is 23.7 Å².